The number of carbonyl (C=O) groups excluding carboxylic acids is 1. The van der Waals surface area contributed by atoms with Crippen LogP contribution in [0.4, 0.5) is 0 Å². The highest BCUT2D eigenvalue weighted by Crippen LogP contribution is 2.41. The smallest absolute Gasteiger partial charge is 0.223 e. The normalized spacial score (nSPS) is 34.4. The first-order valence-corrected chi connectivity index (χ1v) is 6.08. The second-order valence-corrected chi connectivity index (χ2v) is 4.72. The van der Waals surface area contributed by atoms with Crippen LogP contribution in [-0.4, -0.2) is 50.1 Å². The molecular formula is C13H19NO5. The Labute approximate surface area is 112 Å². The van der Waals surface area contributed by atoms with Crippen molar-refractivity contribution in [2.24, 2.45) is 0 Å². The maximum atomic E-state index is 11.9. The molecule has 0 saturated carbocycles. The van der Waals surface area contributed by atoms with E-state index in [4.69, 9.17) is 14.2 Å². The SMILES string of the molecule is COC1=CC2(O)C=C(OC)C1(OC)CC(=O)NCC2. The van der Waals surface area contributed by atoms with Crippen LogP contribution >= 0.6 is 0 Å². The molecule has 1 aliphatic carbocycles. The van der Waals surface area contributed by atoms with Crippen LogP contribution in [0.15, 0.2) is 23.7 Å². The molecule has 0 radical (unpaired) electrons. The Hall–Kier alpha value is -1.53. The van der Waals surface area contributed by atoms with Gasteiger partial charge in [0.25, 0.3) is 0 Å². The molecule has 0 spiro atoms. The highest BCUT2D eigenvalue weighted by Gasteiger charge is 2.49. The zero-order valence-corrected chi connectivity index (χ0v) is 11.4. The third-order valence-corrected chi connectivity index (χ3v) is 3.60. The second kappa shape index (κ2) is 4.86. The molecule has 3 rings (SSSR count). The van der Waals surface area contributed by atoms with Gasteiger partial charge in [-0.15, -0.1) is 0 Å². The number of carbonyl (C=O) groups is 1. The summed E-state index contributed by atoms with van der Waals surface area (Å²) >= 11 is 0. The Kier molecular flexibility index (Phi) is 3.56. The predicted octanol–water partition coefficient (Wildman–Crippen LogP) is 0.0869. The van der Waals surface area contributed by atoms with Crippen molar-refractivity contribution in [1.29, 1.82) is 0 Å². The van der Waals surface area contributed by atoms with Crippen LogP contribution in [0, 0.1) is 0 Å². The van der Waals surface area contributed by atoms with Crippen molar-refractivity contribution in [3.05, 3.63) is 23.7 Å². The number of hydrogen-bond donors (Lipinski definition) is 2. The fourth-order valence-electron chi connectivity index (χ4n) is 2.58. The molecule has 0 fully saturated rings. The van der Waals surface area contributed by atoms with Crippen LogP contribution in [0.2, 0.25) is 0 Å². The van der Waals surface area contributed by atoms with E-state index in [9.17, 15) is 9.90 Å². The highest BCUT2D eigenvalue weighted by atomic mass is 16.6. The lowest BCUT2D eigenvalue weighted by Crippen LogP contribution is -2.45. The number of ether oxygens (including phenoxy) is 3. The van der Waals surface area contributed by atoms with E-state index in [0.29, 0.717) is 24.5 Å². The lowest BCUT2D eigenvalue weighted by atomic mass is 9.82. The summed E-state index contributed by atoms with van der Waals surface area (Å²) in [7, 11) is 4.44. The van der Waals surface area contributed by atoms with E-state index in [2.05, 4.69) is 5.32 Å². The van der Waals surface area contributed by atoms with Crippen LogP contribution in [0.5, 0.6) is 0 Å². The molecule has 0 unspecified atom stereocenters. The molecular weight excluding hydrogens is 250 g/mol. The molecule has 0 aromatic rings. The molecule has 2 aliphatic heterocycles. The third-order valence-electron chi connectivity index (χ3n) is 3.60. The summed E-state index contributed by atoms with van der Waals surface area (Å²) in [5, 5.41) is 13.3. The third kappa shape index (κ3) is 2.21. The van der Waals surface area contributed by atoms with E-state index in [1.54, 1.807) is 12.2 Å². The molecule has 0 aromatic heterocycles. The molecule has 6 heteroatoms. The van der Waals surface area contributed by atoms with Crippen molar-refractivity contribution < 1.29 is 24.1 Å². The fraction of sp³-hybridized carbons (Fsp3) is 0.615. The monoisotopic (exact) mass is 269 g/mol. The number of rotatable bonds is 3. The molecule has 1 amide bonds. The van der Waals surface area contributed by atoms with Gasteiger partial charge in [-0.05, 0) is 12.2 Å². The molecule has 2 N–H and O–H groups in total. The van der Waals surface area contributed by atoms with E-state index in [1.165, 1.54) is 21.3 Å². The topological polar surface area (TPSA) is 77.0 Å². The van der Waals surface area contributed by atoms with Gasteiger partial charge >= 0.3 is 0 Å². The van der Waals surface area contributed by atoms with Gasteiger partial charge in [0.1, 0.15) is 17.1 Å². The van der Waals surface area contributed by atoms with Gasteiger partial charge in [-0.25, -0.2) is 0 Å². The van der Waals surface area contributed by atoms with E-state index < -0.39 is 11.2 Å². The molecule has 0 saturated heterocycles. The first-order valence-electron chi connectivity index (χ1n) is 6.08. The number of nitrogens with one attached hydrogen (secondary N) is 1. The summed E-state index contributed by atoms with van der Waals surface area (Å²) in [5.41, 5.74) is -2.33. The minimum Gasteiger partial charge on any atom is -0.498 e. The summed E-state index contributed by atoms with van der Waals surface area (Å²) in [6, 6.07) is 0. The summed E-state index contributed by atoms with van der Waals surface area (Å²) in [4.78, 5) is 11.9. The van der Waals surface area contributed by atoms with Crippen molar-refractivity contribution in [1.82, 2.24) is 5.32 Å². The Morgan fingerprint density at radius 1 is 1.21 bits per heavy atom. The Morgan fingerprint density at radius 2 is 1.79 bits per heavy atom. The number of fused-ring (bicyclic) bond motifs is 4. The van der Waals surface area contributed by atoms with Crippen molar-refractivity contribution >= 4 is 5.91 Å². The van der Waals surface area contributed by atoms with Gasteiger partial charge in [0.15, 0.2) is 5.60 Å². The molecule has 2 heterocycles. The van der Waals surface area contributed by atoms with Gasteiger partial charge in [0, 0.05) is 20.1 Å². The average Bonchev–Trinajstić information content (AvgIpc) is 2.48. The Morgan fingerprint density at radius 3 is 2.26 bits per heavy atom. The molecule has 2 bridgehead atoms. The minimum atomic E-state index is -1.21. The van der Waals surface area contributed by atoms with Crippen molar-refractivity contribution in [2.45, 2.75) is 24.0 Å². The summed E-state index contributed by atoms with van der Waals surface area (Å²) in [6.45, 7) is 0.371. The van der Waals surface area contributed by atoms with Crippen molar-refractivity contribution in [3.63, 3.8) is 0 Å². The molecule has 6 nitrogen and oxygen atoms in total. The van der Waals surface area contributed by atoms with Gasteiger partial charge in [-0.1, -0.05) is 0 Å². The predicted molar refractivity (Wildman–Crippen MR) is 67.1 cm³/mol. The highest BCUT2D eigenvalue weighted by molar-refractivity contribution is 5.78. The second-order valence-electron chi connectivity index (χ2n) is 4.72. The first-order chi connectivity index (χ1) is 8.99. The lowest BCUT2D eigenvalue weighted by Gasteiger charge is -2.39. The number of aliphatic hydroxyl groups is 1. The maximum absolute atomic E-state index is 11.9. The standard InChI is InChI=1S/C13H19NO5/c1-17-9-6-12(16)4-5-14-11(15)8-13(9,19-3)10(7-12)18-2/h6-7,16H,4-5,8H2,1-3H3,(H,14,15). The molecule has 0 atom stereocenters. The van der Waals surface area contributed by atoms with Crippen molar-refractivity contribution in [2.75, 3.05) is 27.9 Å². The maximum Gasteiger partial charge on any atom is 0.223 e. The number of methoxy groups -OCH3 is 3. The van der Waals surface area contributed by atoms with Crippen LogP contribution in [-0.2, 0) is 19.0 Å². The Bertz CT molecular complexity index is 418. The largest absolute Gasteiger partial charge is 0.498 e. The van der Waals surface area contributed by atoms with Gasteiger partial charge in [-0.2, -0.15) is 0 Å². The molecule has 3 aliphatic rings. The van der Waals surface area contributed by atoms with Gasteiger partial charge in [0.05, 0.1) is 20.6 Å². The van der Waals surface area contributed by atoms with Crippen LogP contribution in [0.25, 0.3) is 0 Å². The van der Waals surface area contributed by atoms with Crippen LogP contribution < -0.4 is 5.32 Å². The van der Waals surface area contributed by atoms with E-state index in [-0.39, 0.29) is 12.3 Å². The van der Waals surface area contributed by atoms with E-state index >= 15 is 0 Å². The minimum absolute atomic E-state index is 0.0406. The van der Waals surface area contributed by atoms with Crippen molar-refractivity contribution in [3.8, 4) is 0 Å². The number of hydrogen-bond acceptors (Lipinski definition) is 5. The fourth-order valence-corrected chi connectivity index (χ4v) is 2.58. The van der Waals surface area contributed by atoms with Crippen LogP contribution in [0.1, 0.15) is 12.8 Å². The average molecular weight is 269 g/mol. The zero-order valence-electron chi connectivity index (χ0n) is 11.4. The zero-order chi connectivity index (χ0) is 14.1. The van der Waals surface area contributed by atoms with Gasteiger partial charge in [-0.3, -0.25) is 4.79 Å². The molecule has 19 heavy (non-hydrogen) atoms. The van der Waals surface area contributed by atoms with Crippen LogP contribution in [0.3, 0.4) is 0 Å². The number of amides is 1. The van der Waals surface area contributed by atoms with E-state index in [0.717, 1.165) is 0 Å². The summed E-state index contributed by atoms with van der Waals surface area (Å²) in [5.74, 6) is 0.585. The van der Waals surface area contributed by atoms with E-state index in [1.807, 2.05) is 0 Å². The van der Waals surface area contributed by atoms with Gasteiger partial charge in [0.2, 0.25) is 5.91 Å². The summed E-state index contributed by atoms with van der Waals surface area (Å²) < 4.78 is 16.2. The molecule has 106 valence electrons. The lowest BCUT2D eigenvalue weighted by molar-refractivity contribution is -0.127. The molecule has 0 aromatic carbocycles. The quantitative estimate of drug-likeness (QED) is 0.759. The Balaban J connectivity index is 2.59. The summed E-state index contributed by atoms with van der Waals surface area (Å²) in [6.07, 6.45) is 3.55. The van der Waals surface area contributed by atoms with Gasteiger partial charge < -0.3 is 24.6 Å². The first kappa shape index (κ1) is 13.9.